The van der Waals surface area contributed by atoms with Gasteiger partial charge in [0.2, 0.25) is 0 Å². The van der Waals surface area contributed by atoms with E-state index in [0.29, 0.717) is 6.61 Å². The Balaban J connectivity index is -0.000000201. The fourth-order valence-corrected chi connectivity index (χ4v) is 1.01. The van der Waals surface area contributed by atoms with Crippen molar-refractivity contribution in [3.8, 4) is 0 Å². The van der Waals surface area contributed by atoms with Gasteiger partial charge in [0, 0.05) is 6.61 Å². The molecule has 1 N–H and O–H groups in total. The Morgan fingerprint density at radius 1 is 1.00 bits per heavy atom. The van der Waals surface area contributed by atoms with E-state index in [-0.39, 0.29) is 11.1 Å². The number of rotatable bonds is 1. The van der Waals surface area contributed by atoms with Gasteiger partial charge in [-0.05, 0) is 6.42 Å². The summed E-state index contributed by atoms with van der Waals surface area (Å²) < 4.78 is 0. The minimum atomic E-state index is -0.556. The van der Waals surface area contributed by atoms with Gasteiger partial charge in [0.1, 0.15) is 0 Å². The van der Waals surface area contributed by atoms with E-state index < -0.39 is 17.0 Å². The van der Waals surface area contributed by atoms with Crippen LogP contribution in [0.2, 0.25) is 0 Å². The number of nitrogens with zero attached hydrogens (tertiary/aromatic N) is 1. The second-order valence-corrected chi connectivity index (χ2v) is 7.83. The molecule has 0 spiro atoms. The van der Waals surface area contributed by atoms with Crippen LogP contribution < -0.4 is 0 Å². The van der Waals surface area contributed by atoms with Crippen LogP contribution in [0.25, 0.3) is 5.32 Å². The van der Waals surface area contributed by atoms with Crippen LogP contribution in [0.5, 0.6) is 0 Å². The van der Waals surface area contributed by atoms with Gasteiger partial charge in [0.05, 0.1) is 0 Å². The summed E-state index contributed by atoms with van der Waals surface area (Å²) in [5.41, 5.74) is 0.219. The molecule has 0 saturated heterocycles. The molecule has 0 aliphatic carbocycles. The summed E-state index contributed by atoms with van der Waals surface area (Å²) in [5, 5.41) is 12.4. The first kappa shape index (κ1) is 22.4. The third-order valence-electron chi connectivity index (χ3n) is 0.894. The molecule has 0 fully saturated rings. The summed E-state index contributed by atoms with van der Waals surface area (Å²) in [4.78, 5) is 0. The summed E-state index contributed by atoms with van der Waals surface area (Å²) >= 11 is -0.556. The van der Waals surface area contributed by atoms with E-state index in [1.54, 1.807) is 0 Å². The molecule has 2 nitrogen and oxygen atoms in total. The molecule has 0 amide bonds. The molecule has 0 aromatic rings. The molecule has 0 heterocycles. The van der Waals surface area contributed by atoms with Gasteiger partial charge in [-0.2, -0.15) is 0 Å². The van der Waals surface area contributed by atoms with Crippen molar-refractivity contribution in [1.82, 2.24) is 0 Å². The van der Waals surface area contributed by atoms with Crippen molar-refractivity contribution in [2.45, 2.75) is 66.0 Å². The normalized spacial score (nSPS) is 10.6. The Morgan fingerprint density at radius 3 is 1.19 bits per heavy atom. The summed E-state index contributed by atoms with van der Waals surface area (Å²) in [6.45, 7) is 15.0. The molecule has 0 radical (unpaired) electrons. The molecular weight excluding hydrogens is 281 g/mol. The SMILES string of the molecule is CC(C)(C)[N-]C(C)(C)C.CCCO.[Cl][Ti][Cl]. The molecule has 0 unspecified atom stereocenters. The standard InChI is InChI=1S/C8H18N.C3H8O.2ClH.Ti/c1-7(2,3)9-8(4,5)6;1-2-3-4;;;/h1-6H3;4H,2-3H2,1H3;2*1H;/q-1;;;;+2/p-2. The number of aliphatic hydroxyl groups excluding tert-OH is 1. The van der Waals surface area contributed by atoms with Gasteiger partial charge in [-0.3, -0.25) is 0 Å². The quantitative estimate of drug-likeness (QED) is 0.699. The van der Waals surface area contributed by atoms with Crippen LogP contribution in [0.1, 0.15) is 54.9 Å². The van der Waals surface area contributed by atoms with Crippen molar-refractivity contribution in [3.63, 3.8) is 0 Å². The zero-order valence-corrected chi connectivity index (χ0v) is 14.6. The summed E-state index contributed by atoms with van der Waals surface area (Å²) in [6, 6.07) is 0. The first-order chi connectivity index (χ1) is 7.04. The summed E-state index contributed by atoms with van der Waals surface area (Å²) in [5.74, 6) is 0. The number of hydrogen-bond acceptors (Lipinski definition) is 1. The van der Waals surface area contributed by atoms with E-state index in [4.69, 9.17) is 23.7 Å². The van der Waals surface area contributed by atoms with Gasteiger partial charge < -0.3 is 10.4 Å². The maximum absolute atomic E-state index is 7.88. The second-order valence-electron chi connectivity index (χ2n) is 5.25. The van der Waals surface area contributed by atoms with Gasteiger partial charge in [0.25, 0.3) is 0 Å². The van der Waals surface area contributed by atoms with Crippen molar-refractivity contribution >= 4 is 18.6 Å². The molecule has 0 aliphatic rings. The van der Waals surface area contributed by atoms with E-state index in [9.17, 15) is 0 Å². The maximum atomic E-state index is 7.88. The Kier molecular flexibility index (Phi) is 17.7. The zero-order valence-electron chi connectivity index (χ0n) is 11.6. The van der Waals surface area contributed by atoms with Crippen LogP contribution in [0.15, 0.2) is 0 Å². The van der Waals surface area contributed by atoms with Crippen molar-refractivity contribution in [2.75, 3.05) is 6.61 Å². The van der Waals surface area contributed by atoms with Crippen LogP contribution in [-0.2, 0) is 17.0 Å². The van der Waals surface area contributed by atoms with Gasteiger partial charge in [-0.1, -0.05) is 48.5 Å². The monoisotopic (exact) mass is 306 g/mol. The fraction of sp³-hybridized carbons (Fsp3) is 1.00. The molecule has 0 aliphatic heterocycles. The van der Waals surface area contributed by atoms with E-state index in [1.165, 1.54) is 0 Å². The van der Waals surface area contributed by atoms with E-state index in [0.717, 1.165) is 6.42 Å². The molecule has 0 aromatic heterocycles. The molecule has 0 bridgehead atoms. The molecule has 16 heavy (non-hydrogen) atoms. The Hall–Kier alpha value is 1.21. The van der Waals surface area contributed by atoms with E-state index >= 15 is 0 Å². The van der Waals surface area contributed by atoms with Crippen molar-refractivity contribution in [3.05, 3.63) is 5.32 Å². The zero-order chi connectivity index (χ0) is 13.8. The Morgan fingerprint density at radius 2 is 1.19 bits per heavy atom. The van der Waals surface area contributed by atoms with Crippen LogP contribution in [-0.4, -0.2) is 22.8 Å². The van der Waals surface area contributed by atoms with Gasteiger partial charge in [-0.25, -0.2) is 0 Å². The molecule has 0 rings (SSSR count). The molecule has 5 heteroatoms. The molecule has 100 valence electrons. The third kappa shape index (κ3) is 45.6. The van der Waals surface area contributed by atoms with Crippen molar-refractivity contribution in [1.29, 1.82) is 0 Å². The van der Waals surface area contributed by atoms with Crippen molar-refractivity contribution in [2.24, 2.45) is 0 Å². The van der Waals surface area contributed by atoms with Gasteiger partial charge in [-0.15, -0.1) is 11.1 Å². The van der Waals surface area contributed by atoms with E-state index in [1.807, 2.05) is 6.92 Å². The fourth-order valence-electron chi connectivity index (χ4n) is 1.01. The van der Waals surface area contributed by atoms with Gasteiger partial charge >= 0.3 is 35.6 Å². The van der Waals surface area contributed by atoms with Crippen LogP contribution in [0.3, 0.4) is 0 Å². The molecule has 0 aromatic carbocycles. The topological polar surface area (TPSA) is 34.3 Å². The predicted octanol–water partition coefficient (Wildman–Crippen LogP) is 4.72. The average Bonchev–Trinajstić information content (AvgIpc) is 1.99. The van der Waals surface area contributed by atoms with Crippen LogP contribution in [0, 0.1) is 0 Å². The third-order valence-corrected chi connectivity index (χ3v) is 0.894. The predicted molar refractivity (Wildman–Crippen MR) is 71.9 cm³/mol. The minimum absolute atomic E-state index is 0.109. The average molecular weight is 307 g/mol. The van der Waals surface area contributed by atoms with Crippen molar-refractivity contribution < 1.29 is 22.1 Å². The van der Waals surface area contributed by atoms with Gasteiger partial charge in [0.15, 0.2) is 0 Å². The van der Waals surface area contributed by atoms with E-state index in [2.05, 4.69) is 46.9 Å². The summed E-state index contributed by atoms with van der Waals surface area (Å²) in [7, 11) is 9.78. The Bertz CT molecular complexity index is 119. The Labute approximate surface area is 118 Å². The number of hydrogen-bond donors (Lipinski definition) is 1. The van der Waals surface area contributed by atoms with Crippen LogP contribution >= 0.6 is 18.6 Å². The number of aliphatic hydroxyl groups is 1. The molecule has 0 atom stereocenters. The molecule has 0 saturated carbocycles. The second kappa shape index (κ2) is 12.7. The summed E-state index contributed by atoms with van der Waals surface area (Å²) in [6.07, 6.45) is 0.875. The first-order valence-electron chi connectivity index (χ1n) is 5.35. The van der Waals surface area contributed by atoms with Crippen LogP contribution in [0.4, 0.5) is 0 Å². The number of halogens is 2. The first-order valence-corrected chi connectivity index (χ1v) is 9.65. The molecular formula is C11H26Cl2NOTi-.